The summed E-state index contributed by atoms with van der Waals surface area (Å²) in [6.45, 7) is 4.13. The van der Waals surface area contributed by atoms with E-state index >= 15 is 0 Å². The quantitative estimate of drug-likeness (QED) is 0.619. The van der Waals surface area contributed by atoms with Crippen molar-refractivity contribution in [3.8, 4) is 0 Å². The SMILES string of the molecule is Cc1cncc(CN2CCCC3(CC(C(=O)NC4CC(F)(F)C4)=NO3)C2)n1.O=C(O)C(F)(F)F. The molecule has 4 rings (SSSR count). The number of nitrogens with zero attached hydrogens (tertiary/aromatic N) is 4. The van der Waals surface area contributed by atoms with E-state index in [2.05, 4.69) is 25.3 Å². The Morgan fingerprint density at radius 3 is 2.56 bits per heavy atom. The molecule has 9 nitrogen and oxygen atoms in total. The number of rotatable bonds is 4. The molecule has 1 aromatic heterocycles. The maximum Gasteiger partial charge on any atom is 0.490 e. The van der Waals surface area contributed by atoms with Crippen molar-refractivity contribution in [2.75, 3.05) is 13.1 Å². The molecule has 188 valence electrons. The minimum absolute atomic E-state index is 0.294. The third-order valence-corrected chi connectivity index (χ3v) is 5.58. The molecule has 1 saturated carbocycles. The predicted octanol–water partition coefficient (Wildman–Crippen LogP) is 2.44. The Kier molecular flexibility index (Phi) is 7.38. The molecular formula is C20H24F5N5O4. The molecule has 0 aromatic carbocycles. The van der Waals surface area contributed by atoms with E-state index in [0.29, 0.717) is 25.2 Å². The summed E-state index contributed by atoms with van der Waals surface area (Å²) in [6, 6.07) is -0.477. The van der Waals surface area contributed by atoms with Crippen LogP contribution in [0.2, 0.25) is 0 Å². The van der Waals surface area contributed by atoms with Crippen molar-refractivity contribution in [2.45, 2.75) is 69.3 Å². The lowest BCUT2D eigenvalue weighted by molar-refractivity contribution is -0.192. The van der Waals surface area contributed by atoms with E-state index in [1.54, 1.807) is 12.4 Å². The van der Waals surface area contributed by atoms with Gasteiger partial charge in [-0.2, -0.15) is 13.2 Å². The van der Waals surface area contributed by atoms with E-state index in [1.807, 2.05) is 6.92 Å². The third kappa shape index (κ3) is 6.81. The summed E-state index contributed by atoms with van der Waals surface area (Å²) in [5.74, 6) is -5.81. The number of amides is 1. The Labute approximate surface area is 191 Å². The van der Waals surface area contributed by atoms with Crippen molar-refractivity contribution < 1.29 is 41.5 Å². The molecule has 0 radical (unpaired) electrons. The molecule has 14 heteroatoms. The zero-order valence-corrected chi connectivity index (χ0v) is 18.2. The Balaban J connectivity index is 0.000000406. The minimum Gasteiger partial charge on any atom is -0.475 e. The van der Waals surface area contributed by atoms with E-state index in [4.69, 9.17) is 14.7 Å². The molecule has 2 fully saturated rings. The zero-order chi connectivity index (χ0) is 25.1. The van der Waals surface area contributed by atoms with Crippen molar-refractivity contribution >= 4 is 17.6 Å². The molecule has 1 spiro atoms. The highest BCUT2D eigenvalue weighted by Gasteiger charge is 2.48. The number of hydrogen-bond donors (Lipinski definition) is 2. The normalized spacial score (nSPS) is 24.4. The van der Waals surface area contributed by atoms with E-state index in [9.17, 15) is 26.7 Å². The van der Waals surface area contributed by atoms with Crippen LogP contribution < -0.4 is 5.32 Å². The van der Waals surface area contributed by atoms with Crippen LogP contribution in [0.1, 0.15) is 43.5 Å². The highest BCUT2D eigenvalue weighted by molar-refractivity contribution is 6.39. The third-order valence-electron chi connectivity index (χ3n) is 5.58. The van der Waals surface area contributed by atoms with Gasteiger partial charge < -0.3 is 15.3 Å². The lowest BCUT2D eigenvalue weighted by Crippen LogP contribution is -2.53. The number of alkyl halides is 5. The number of carbonyl (C=O) groups excluding carboxylic acids is 1. The fourth-order valence-electron chi connectivity index (χ4n) is 4.04. The number of carbonyl (C=O) groups is 2. The van der Waals surface area contributed by atoms with Crippen LogP contribution in [0.4, 0.5) is 22.0 Å². The maximum absolute atomic E-state index is 12.9. The van der Waals surface area contributed by atoms with Gasteiger partial charge >= 0.3 is 12.1 Å². The van der Waals surface area contributed by atoms with Crippen molar-refractivity contribution in [1.82, 2.24) is 20.2 Å². The van der Waals surface area contributed by atoms with Gasteiger partial charge in [0, 0.05) is 50.8 Å². The molecule has 1 saturated heterocycles. The number of likely N-dealkylation sites (tertiary alicyclic amines) is 1. The molecule has 1 amide bonds. The highest BCUT2D eigenvalue weighted by atomic mass is 19.4. The van der Waals surface area contributed by atoms with E-state index < -0.39 is 35.6 Å². The lowest BCUT2D eigenvalue weighted by Gasteiger charge is -2.38. The number of aromatic nitrogens is 2. The van der Waals surface area contributed by atoms with Gasteiger partial charge in [0.15, 0.2) is 5.60 Å². The first kappa shape index (κ1) is 25.7. The summed E-state index contributed by atoms with van der Waals surface area (Å²) in [7, 11) is 0. The van der Waals surface area contributed by atoms with Gasteiger partial charge in [0.05, 0.1) is 11.4 Å². The minimum atomic E-state index is -5.08. The van der Waals surface area contributed by atoms with Crippen LogP contribution in [-0.4, -0.2) is 74.4 Å². The molecular weight excluding hydrogens is 469 g/mol. The number of carboxylic acids is 1. The fraction of sp³-hybridized carbons (Fsp3) is 0.650. The van der Waals surface area contributed by atoms with Crippen LogP contribution in [0.3, 0.4) is 0 Å². The number of aliphatic carboxylic acids is 1. The first-order chi connectivity index (χ1) is 15.8. The number of oxime groups is 1. The summed E-state index contributed by atoms with van der Waals surface area (Å²) in [5, 5.41) is 13.7. The topological polar surface area (TPSA) is 117 Å². The molecule has 2 aliphatic heterocycles. The number of piperidine rings is 1. The van der Waals surface area contributed by atoms with Gasteiger partial charge in [-0.15, -0.1) is 0 Å². The standard InChI is InChI=1S/C18H23F2N5O2.C2HF3O2/c1-12-8-21-9-14(22-12)10-25-4-2-3-17(11-25)7-15(24-27-17)16(26)23-13-5-18(19,20)6-13;3-2(4,5)1(6)7/h8-9,13H,2-7,10-11H2,1H3,(H,23,26);(H,6,7). The van der Waals surface area contributed by atoms with Gasteiger partial charge in [0.25, 0.3) is 11.8 Å². The van der Waals surface area contributed by atoms with Crippen molar-refractivity contribution in [1.29, 1.82) is 0 Å². The Morgan fingerprint density at radius 2 is 1.97 bits per heavy atom. The second-order valence-electron chi connectivity index (χ2n) is 8.69. The summed E-state index contributed by atoms with van der Waals surface area (Å²) in [5.41, 5.74) is 1.54. The molecule has 1 aromatic rings. The van der Waals surface area contributed by atoms with E-state index in [1.165, 1.54) is 0 Å². The summed E-state index contributed by atoms with van der Waals surface area (Å²) < 4.78 is 57.6. The Hall–Kier alpha value is -2.90. The number of carboxylic acid groups (broad SMARTS) is 1. The van der Waals surface area contributed by atoms with Crippen LogP contribution in [-0.2, 0) is 21.0 Å². The van der Waals surface area contributed by atoms with Gasteiger partial charge in [-0.25, -0.2) is 13.6 Å². The van der Waals surface area contributed by atoms with Crippen LogP contribution in [0, 0.1) is 6.92 Å². The first-order valence-electron chi connectivity index (χ1n) is 10.5. The van der Waals surface area contributed by atoms with Gasteiger partial charge in [0.1, 0.15) is 5.71 Å². The smallest absolute Gasteiger partial charge is 0.475 e. The molecule has 1 aliphatic carbocycles. The average molecular weight is 493 g/mol. The van der Waals surface area contributed by atoms with Crippen LogP contribution in [0.5, 0.6) is 0 Å². The van der Waals surface area contributed by atoms with E-state index in [-0.39, 0.29) is 12.8 Å². The Morgan fingerprint density at radius 1 is 1.29 bits per heavy atom. The average Bonchev–Trinajstić information content (AvgIpc) is 3.09. The number of aryl methyl sites for hydroxylation is 1. The van der Waals surface area contributed by atoms with Gasteiger partial charge in [0.2, 0.25) is 0 Å². The molecule has 1 unspecified atom stereocenters. The zero-order valence-electron chi connectivity index (χ0n) is 18.2. The van der Waals surface area contributed by atoms with Crippen LogP contribution in [0.25, 0.3) is 0 Å². The summed E-state index contributed by atoms with van der Waals surface area (Å²) >= 11 is 0. The van der Waals surface area contributed by atoms with Crippen molar-refractivity contribution in [3.63, 3.8) is 0 Å². The number of halogens is 5. The Bertz CT molecular complexity index is 950. The fourth-order valence-corrected chi connectivity index (χ4v) is 4.04. The van der Waals surface area contributed by atoms with Crippen molar-refractivity contribution in [3.05, 3.63) is 23.8 Å². The molecule has 1 atom stereocenters. The van der Waals surface area contributed by atoms with Crippen LogP contribution in [0.15, 0.2) is 17.5 Å². The van der Waals surface area contributed by atoms with Gasteiger partial charge in [-0.05, 0) is 26.3 Å². The highest BCUT2D eigenvalue weighted by Crippen LogP contribution is 2.38. The molecule has 3 heterocycles. The predicted molar refractivity (Wildman–Crippen MR) is 107 cm³/mol. The second kappa shape index (κ2) is 9.76. The molecule has 2 N–H and O–H groups in total. The monoisotopic (exact) mass is 493 g/mol. The van der Waals surface area contributed by atoms with Gasteiger partial charge in [-0.3, -0.25) is 19.7 Å². The molecule has 3 aliphatic rings. The van der Waals surface area contributed by atoms with E-state index in [0.717, 1.165) is 30.8 Å². The summed E-state index contributed by atoms with van der Waals surface area (Å²) in [4.78, 5) is 37.8. The second-order valence-corrected chi connectivity index (χ2v) is 8.69. The summed E-state index contributed by atoms with van der Waals surface area (Å²) in [6.07, 6.45) is -0.0700. The largest absolute Gasteiger partial charge is 0.490 e. The van der Waals surface area contributed by atoms with Crippen LogP contribution >= 0.6 is 0 Å². The maximum atomic E-state index is 12.9. The number of hydrogen-bond acceptors (Lipinski definition) is 7. The van der Waals surface area contributed by atoms with Gasteiger partial charge in [-0.1, -0.05) is 5.16 Å². The van der Waals surface area contributed by atoms with Crippen molar-refractivity contribution in [2.24, 2.45) is 5.16 Å². The molecule has 0 bridgehead atoms. The molecule has 34 heavy (non-hydrogen) atoms. The lowest BCUT2D eigenvalue weighted by atomic mass is 9.86. The number of nitrogens with one attached hydrogen (secondary N) is 1. The first-order valence-corrected chi connectivity index (χ1v) is 10.5.